The number of methoxy groups -OCH3 is 1. The molecule has 0 spiro atoms. The highest BCUT2D eigenvalue weighted by Crippen LogP contribution is 2.21. The normalized spacial score (nSPS) is 28.5. The molecule has 0 aromatic rings. The molecule has 3 atom stereocenters. The number of hydrogen-bond donors (Lipinski definition) is 0. The van der Waals surface area contributed by atoms with Crippen molar-refractivity contribution in [1.82, 2.24) is 0 Å². The maximum atomic E-state index is 5.76. The molecule has 0 amide bonds. The highest BCUT2D eigenvalue weighted by atomic mass is 16.5. The molecular weight excluding hydrogens is 228 g/mol. The van der Waals surface area contributed by atoms with Crippen molar-refractivity contribution in [2.75, 3.05) is 26.9 Å². The number of rotatable bonds is 9. The monoisotopic (exact) mass is 258 g/mol. The lowest BCUT2D eigenvalue weighted by Gasteiger charge is -2.33. The van der Waals surface area contributed by atoms with Crippen molar-refractivity contribution < 1.29 is 14.2 Å². The third-order valence-corrected chi connectivity index (χ3v) is 3.72. The fourth-order valence-corrected chi connectivity index (χ4v) is 2.42. The molecule has 0 bridgehead atoms. The number of unbranched alkanes of at least 4 members (excludes halogenated alkanes) is 4. The van der Waals surface area contributed by atoms with Gasteiger partial charge >= 0.3 is 0 Å². The average Bonchev–Trinajstić information content (AvgIpc) is 2.39. The molecule has 1 rings (SSSR count). The Morgan fingerprint density at radius 2 is 1.94 bits per heavy atom. The predicted octanol–water partition coefficient (Wildman–Crippen LogP) is 3.41. The van der Waals surface area contributed by atoms with E-state index in [1.165, 1.54) is 32.1 Å². The summed E-state index contributed by atoms with van der Waals surface area (Å²) < 4.78 is 16.9. The van der Waals surface area contributed by atoms with Crippen LogP contribution in [0.25, 0.3) is 0 Å². The zero-order valence-corrected chi connectivity index (χ0v) is 12.3. The van der Waals surface area contributed by atoms with Gasteiger partial charge in [-0.3, -0.25) is 0 Å². The quantitative estimate of drug-likeness (QED) is 0.593. The van der Waals surface area contributed by atoms with Crippen LogP contribution in [-0.4, -0.2) is 39.1 Å². The van der Waals surface area contributed by atoms with E-state index in [0.29, 0.717) is 12.0 Å². The van der Waals surface area contributed by atoms with Crippen LogP contribution >= 0.6 is 0 Å². The molecular formula is C15H30O3. The molecule has 3 heteroatoms. The van der Waals surface area contributed by atoms with Crippen LogP contribution in [0.3, 0.4) is 0 Å². The molecule has 0 N–H and O–H groups in total. The van der Waals surface area contributed by atoms with Crippen molar-refractivity contribution in [1.29, 1.82) is 0 Å². The van der Waals surface area contributed by atoms with Crippen LogP contribution in [0, 0.1) is 5.92 Å². The molecule has 18 heavy (non-hydrogen) atoms. The molecule has 0 aromatic carbocycles. The Labute approximate surface area is 112 Å². The van der Waals surface area contributed by atoms with Crippen LogP contribution in [0.4, 0.5) is 0 Å². The maximum Gasteiger partial charge on any atom is 0.0833 e. The molecule has 1 aliphatic heterocycles. The lowest BCUT2D eigenvalue weighted by atomic mass is 9.97. The fraction of sp³-hybridized carbons (Fsp3) is 1.00. The minimum absolute atomic E-state index is 0.224. The van der Waals surface area contributed by atoms with Gasteiger partial charge in [-0.15, -0.1) is 0 Å². The van der Waals surface area contributed by atoms with E-state index in [1.807, 2.05) is 0 Å². The van der Waals surface area contributed by atoms with Crippen molar-refractivity contribution in [3.8, 4) is 0 Å². The third kappa shape index (κ3) is 6.17. The van der Waals surface area contributed by atoms with Gasteiger partial charge in [0.25, 0.3) is 0 Å². The second-order valence-corrected chi connectivity index (χ2v) is 5.43. The van der Waals surface area contributed by atoms with Crippen molar-refractivity contribution in [2.24, 2.45) is 5.92 Å². The summed E-state index contributed by atoms with van der Waals surface area (Å²) >= 11 is 0. The van der Waals surface area contributed by atoms with Crippen molar-refractivity contribution in [3.05, 3.63) is 0 Å². The second kappa shape index (κ2) is 9.76. The summed E-state index contributed by atoms with van der Waals surface area (Å²) in [5, 5.41) is 0. The van der Waals surface area contributed by atoms with Gasteiger partial charge in [-0.05, 0) is 6.42 Å². The van der Waals surface area contributed by atoms with Gasteiger partial charge in [-0.25, -0.2) is 0 Å². The molecule has 0 unspecified atom stereocenters. The largest absolute Gasteiger partial charge is 0.381 e. The predicted molar refractivity (Wildman–Crippen MR) is 73.9 cm³/mol. The summed E-state index contributed by atoms with van der Waals surface area (Å²) in [5.41, 5.74) is 0. The summed E-state index contributed by atoms with van der Waals surface area (Å²) in [4.78, 5) is 0. The first-order chi connectivity index (χ1) is 8.77. The van der Waals surface area contributed by atoms with Gasteiger partial charge in [0.15, 0.2) is 0 Å². The molecule has 3 nitrogen and oxygen atoms in total. The first-order valence-electron chi connectivity index (χ1n) is 7.50. The van der Waals surface area contributed by atoms with E-state index in [9.17, 15) is 0 Å². The Bertz CT molecular complexity index is 196. The van der Waals surface area contributed by atoms with Gasteiger partial charge in [0.2, 0.25) is 0 Å². The Morgan fingerprint density at radius 1 is 1.17 bits per heavy atom. The molecule has 0 saturated carbocycles. The van der Waals surface area contributed by atoms with Crippen molar-refractivity contribution in [3.63, 3.8) is 0 Å². The molecule has 108 valence electrons. The van der Waals surface area contributed by atoms with Gasteiger partial charge in [-0.1, -0.05) is 39.5 Å². The van der Waals surface area contributed by atoms with Gasteiger partial charge < -0.3 is 14.2 Å². The summed E-state index contributed by atoms with van der Waals surface area (Å²) in [7, 11) is 1.79. The zero-order chi connectivity index (χ0) is 13.2. The Hall–Kier alpha value is -0.120. The second-order valence-electron chi connectivity index (χ2n) is 5.43. The van der Waals surface area contributed by atoms with Crippen LogP contribution < -0.4 is 0 Å². The van der Waals surface area contributed by atoms with Gasteiger partial charge in [0, 0.05) is 26.1 Å². The molecule has 1 saturated heterocycles. The smallest absolute Gasteiger partial charge is 0.0833 e. The number of hydrogen-bond acceptors (Lipinski definition) is 3. The Kier molecular flexibility index (Phi) is 8.64. The standard InChI is InChI=1S/C15H30O3/c1-4-5-6-7-8-9-17-12-14-10-15(16-3)13(2)11-18-14/h13-15H,4-12H2,1-3H3/t13-,14-,15-/m0/s1. The average molecular weight is 258 g/mol. The summed E-state index contributed by atoms with van der Waals surface area (Å²) in [5.74, 6) is 0.500. The van der Waals surface area contributed by atoms with Gasteiger partial charge in [0.1, 0.15) is 0 Å². The first kappa shape index (κ1) is 15.9. The summed E-state index contributed by atoms with van der Waals surface area (Å²) in [6, 6.07) is 0. The minimum Gasteiger partial charge on any atom is -0.381 e. The van der Waals surface area contributed by atoms with E-state index >= 15 is 0 Å². The highest BCUT2D eigenvalue weighted by molar-refractivity contribution is 4.76. The van der Waals surface area contributed by atoms with E-state index in [2.05, 4.69) is 13.8 Å². The SMILES string of the molecule is CCCCCCCOC[C@@H]1C[C@H](OC)[C@@H](C)CO1. The Morgan fingerprint density at radius 3 is 2.67 bits per heavy atom. The molecule has 0 aliphatic carbocycles. The topological polar surface area (TPSA) is 27.7 Å². The summed E-state index contributed by atoms with van der Waals surface area (Å²) in [6.07, 6.45) is 7.97. The van der Waals surface area contributed by atoms with E-state index in [0.717, 1.165) is 26.2 Å². The Balaban J connectivity index is 1.99. The van der Waals surface area contributed by atoms with Crippen molar-refractivity contribution in [2.45, 2.75) is 64.6 Å². The molecule has 0 aromatic heterocycles. The molecule has 1 heterocycles. The first-order valence-corrected chi connectivity index (χ1v) is 7.50. The number of ether oxygens (including phenoxy) is 3. The minimum atomic E-state index is 0.224. The van der Waals surface area contributed by atoms with Gasteiger partial charge in [0.05, 0.1) is 25.4 Å². The highest BCUT2D eigenvalue weighted by Gasteiger charge is 2.28. The van der Waals surface area contributed by atoms with Crippen molar-refractivity contribution >= 4 is 0 Å². The van der Waals surface area contributed by atoms with E-state index in [-0.39, 0.29) is 6.10 Å². The van der Waals surface area contributed by atoms with Gasteiger partial charge in [-0.2, -0.15) is 0 Å². The molecule has 1 fully saturated rings. The van der Waals surface area contributed by atoms with Crippen LogP contribution in [0.2, 0.25) is 0 Å². The molecule has 0 radical (unpaired) electrons. The van der Waals surface area contributed by atoms with Crippen LogP contribution in [0.1, 0.15) is 52.4 Å². The van der Waals surface area contributed by atoms with Crippen LogP contribution in [0.5, 0.6) is 0 Å². The van der Waals surface area contributed by atoms with E-state index in [4.69, 9.17) is 14.2 Å². The lowest BCUT2D eigenvalue weighted by Crippen LogP contribution is -2.39. The third-order valence-electron chi connectivity index (χ3n) is 3.72. The lowest BCUT2D eigenvalue weighted by molar-refractivity contribution is -0.115. The fourth-order valence-electron chi connectivity index (χ4n) is 2.42. The van der Waals surface area contributed by atoms with Crippen LogP contribution in [0.15, 0.2) is 0 Å². The zero-order valence-electron chi connectivity index (χ0n) is 12.3. The maximum absolute atomic E-state index is 5.76. The van der Waals surface area contributed by atoms with Crippen LogP contribution in [-0.2, 0) is 14.2 Å². The summed E-state index contributed by atoms with van der Waals surface area (Å²) in [6.45, 7) is 6.81. The molecule has 1 aliphatic rings. The van der Waals surface area contributed by atoms with E-state index < -0.39 is 0 Å². The van der Waals surface area contributed by atoms with E-state index in [1.54, 1.807) is 7.11 Å².